The number of Topliss-reactive ketones (excluding diaryl/α,β-unsaturated/α-hetero) is 2. The predicted molar refractivity (Wildman–Crippen MR) is 157 cm³/mol. The van der Waals surface area contributed by atoms with Gasteiger partial charge >= 0.3 is 6.09 Å². The average molecular weight is 655 g/mol. The zero-order valence-electron chi connectivity index (χ0n) is 23.6. The van der Waals surface area contributed by atoms with Gasteiger partial charge in [-0.25, -0.2) is 4.79 Å². The van der Waals surface area contributed by atoms with Gasteiger partial charge < -0.3 is 20.1 Å². The van der Waals surface area contributed by atoms with Crippen LogP contribution < -0.4 is 10.6 Å². The fourth-order valence-electron chi connectivity index (χ4n) is 4.01. The topological polar surface area (TPSA) is 111 Å². The van der Waals surface area contributed by atoms with Crippen molar-refractivity contribution in [3.05, 3.63) is 0 Å². The smallest absolute Gasteiger partial charge is 0.407 e. The van der Waals surface area contributed by atoms with Crippen LogP contribution >= 0.6 is 34.4 Å². The number of nitrogens with one attached hydrogen (secondary N) is 2. The standard InChI is InChI=1S/C27H47IN2O6S/c1-18(31)29-21(24(33)27(5,6)7)13-16-37-15-10-12-20(28)22(32)23(26(2,3)4)30-25(34)36-17-19-11-8-9-14-35-19/h19-21,23H,8-17H2,1-7H3,(H,29,31)(H,30,34). The Morgan fingerprint density at radius 2 is 1.70 bits per heavy atom. The summed E-state index contributed by atoms with van der Waals surface area (Å²) in [4.78, 5) is 49.8. The maximum atomic E-state index is 13.2. The molecule has 10 heteroatoms. The molecule has 214 valence electrons. The molecule has 1 rings (SSSR count). The SMILES string of the molecule is CC(=O)NC(CCSCCCC(I)C(=O)C(NC(=O)OCC1CCCCO1)C(C)(C)C)C(=O)C(C)(C)C. The lowest BCUT2D eigenvalue weighted by atomic mass is 9.83. The van der Waals surface area contributed by atoms with Crippen molar-refractivity contribution < 1.29 is 28.7 Å². The van der Waals surface area contributed by atoms with Crippen LogP contribution in [0.25, 0.3) is 0 Å². The van der Waals surface area contributed by atoms with Crippen molar-refractivity contribution >= 4 is 57.9 Å². The summed E-state index contributed by atoms with van der Waals surface area (Å²) in [6.07, 6.45) is 4.44. The quantitative estimate of drug-likeness (QED) is 0.153. The number of thioether (sulfide) groups is 1. The Kier molecular flexibility index (Phi) is 15.0. The summed E-state index contributed by atoms with van der Waals surface area (Å²) >= 11 is 3.88. The van der Waals surface area contributed by atoms with Crippen LogP contribution in [0.1, 0.15) is 87.0 Å². The van der Waals surface area contributed by atoms with Crippen molar-refractivity contribution in [3.8, 4) is 0 Å². The Balaban J connectivity index is 2.47. The van der Waals surface area contributed by atoms with Gasteiger partial charge in [-0.2, -0.15) is 11.8 Å². The van der Waals surface area contributed by atoms with E-state index in [0.29, 0.717) is 19.4 Å². The second-order valence-electron chi connectivity index (χ2n) is 11.8. The van der Waals surface area contributed by atoms with E-state index in [-0.39, 0.29) is 34.1 Å². The molecule has 0 spiro atoms. The molecule has 1 aliphatic heterocycles. The average Bonchev–Trinajstić information content (AvgIpc) is 2.80. The highest BCUT2D eigenvalue weighted by atomic mass is 127. The minimum Gasteiger partial charge on any atom is -0.447 e. The fourth-order valence-corrected chi connectivity index (χ4v) is 5.79. The maximum absolute atomic E-state index is 13.2. The van der Waals surface area contributed by atoms with Crippen LogP contribution in [0.5, 0.6) is 0 Å². The molecule has 2 amide bonds. The van der Waals surface area contributed by atoms with Crippen molar-refractivity contribution in [2.24, 2.45) is 10.8 Å². The highest BCUT2D eigenvalue weighted by molar-refractivity contribution is 14.1. The number of amides is 2. The highest BCUT2D eigenvalue weighted by Crippen LogP contribution is 2.26. The number of ether oxygens (including phenoxy) is 2. The lowest BCUT2D eigenvalue weighted by molar-refractivity contribution is -0.131. The van der Waals surface area contributed by atoms with Crippen LogP contribution in [0.3, 0.4) is 0 Å². The van der Waals surface area contributed by atoms with Crippen molar-refractivity contribution in [3.63, 3.8) is 0 Å². The summed E-state index contributed by atoms with van der Waals surface area (Å²) in [5, 5.41) is 5.58. The van der Waals surface area contributed by atoms with E-state index in [4.69, 9.17) is 9.47 Å². The summed E-state index contributed by atoms with van der Waals surface area (Å²) in [6.45, 7) is 13.7. The molecule has 4 atom stereocenters. The van der Waals surface area contributed by atoms with E-state index in [1.54, 1.807) is 11.8 Å². The van der Waals surface area contributed by atoms with E-state index in [9.17, 15) is 19.2 Å². The van der Waals surface area contributed by atoms with Gasteiger partial charge in [0.1, 0.15) is 6.61 Å². The van der Waals surface area contributed by atoms with Crippen molar-refractivity contribution in [2.75, 3.05) is 24.7 Å². The zero-order chi connectivity index (χ0) is 28.2. The molecule has 0 radical (unpaired) electrons. The molecule has 4 unspecified atom stereocenters. The van der Waals surface area contributed by atoms with Gasteiger partial charge in [-0.15, -0.1) is 0 Å². The van der Waals surface area contributed by atoms with Crippen molar-refractivity contribution in [2.45, 2.75) is 109 Å². The number of rotatable bonds is 14. The van der Waals surface area contributed by atoms with E-state index in [0.717, 1.165) is 37.2 Å². The Morgan fingerprint density at radius 1 is 1.03 bits per heavy atom. The molecule has 1 fully saturated rings. The second kappa shape index (κ2) is 16.3. The first-order chi connectivity index (χ1) is 17.1. The second-order valence-corrected chi connectivity index (χ2v) is 14.5. The number of carbonyl (C=O) groups excluding carboxylic acids is 4. The fraction of sp³-hybridized carbons (Fsp3) is 0.852. The van der Waals surface area contributed by atoms with Gasteiger partial charge in [0.15, 0.2) is 11.6 Å². The first-order valence-corrected chi connectivity index (χ1v) is 15.6. The molecular formula is C27H47IN2O6S. The Labute approximate surface area is 241 Å². The molecule has 1 heterocycles. The lowest BCUT2D eigenvalue weighted by Crippen LogP contribution is -2.52. The Hall–Kier alpha value is -0.880. The molecule has 1 saturated heterocycles. The monoisotopic (exact) mass is 654 g/mol. The molecular weight excluding hydrogens is 607 g/mol. The third kappa shape index (κ3) is 13.7. The first kappa shape index (κ1) is 34.1. The number of hydrogen-bond acceptors (Lipinski definition) is 7. The first-order valence-electron chi connectivity index (χ1n) is 13.2. The summed E-state index contributed by atoms with van der Waals surface area (Å²) < 4.78 is 10.7. The zero-order valence-corrected chi connectivity index (χ0v) is 26.6. The minimum absolute atomic E-state index is 0.00883. The van der Waals surface area contributed by atoms with Gasteiger partial charge in [-0.1, -0.05) is 64.1 Å². The van der Waals surface area contributed by atoms with E-state index in [1.807, 2.05) is 41.5 Å². The van der Waals surface area contributed by atoms with E-state index in [1.165, 1.54) is 6.92 Å². The summed E-state index contributed by atoms with van der Waals surface area (Å²) in [7, 11) is 0. The van der Waals surface area contributed by atoms with Crippen molar-refractivity contribution in [1.29, 1.82) is 0 Å². The molecule has 0 bridgehead atoms. The number of carbonyl (C=O) groups is 4. The van der Waals surface area contributed by atoms with Crippen LogP contribution in [0.15, 0.2) is 0 Å². The number of alkyl halides is 1. The largest absolute Gasteiger partial charge is 0.447 e. The van der Waals surface area contributed by atoms with E-state index in [2.05, 4.69) is 33.2 Å². The summed E-state index contributed by atoms with van der Waals surface area (Å²) in [6, 6.07) is -1.13. The van der Waals surface area contributed by atoms with Gasteiger partial charge in [-0.05, 0) is 55.4 Å². The molecule has 0 aromatic heterocycles. The van der Waals surface area contributed by atoms with Gasteiger partial charge in [0.05, 0.1) is 22.1 Å². The normalized spacial score (nSPS) is 18.9. The van der Waals surface area contributed by atoms with Crippen LogP contribution in [0.2, 0.25) is 0 Å². The third-order valence-electron chi connectivity index (χ3n) is 6.13. The Morgan fingerprint density at radius 3 is 2.24 bits per heavy atom. The maximum Gasteiger partial charge on any atom is 0.407 e. The molecule has 2 N–H and O–H groups in total. The number of hydrogen-bond donors (Lipinski definition) is 2. The van der Waals surface area contributed by atoms with Gasteiger partial charge in [-0.3, -0.25) is 14.4 Å². The van der Waals surface area contributed by atoms with Crippen molar-refractivity contribution in [1.82, 2.24) is 10.6 Å². The third-order valence-corrected chi connectivity index (χ3v) is 8.46. The molecule has 8 nitrogen and oxygen atoms in total. The van der Waals surface area contributed by atoms with Crippen LogP contribution in [-0.4, -0.2) is 70.4 Å². The van der Waals surface area contributed by atoms with Crippen LogP contribution in [-0.2, 0) is 23.9 Å². The highest BCUT2D eigenvalue weighted by Gasteiger charge is 2.36. The number of alkyl carbamates (subject to hydrolysis) is 1. The molecule has 0 saturated carbocycles. The number of ketones is 2. The van der Waals surface area contributed by atoms with E-state index < -0.39 is 29.0 Å². The van der Waals surface area contributed by atoms with E-state index >= 15 is 0 Å². The van der Waals surface area contributed by atoms with Crippen LogP contribution in [0.4, 0.5) is 4.79 Å². The molecule has 37 heavy (non-hydrogen) atoms. The molecule has 1 aliphatic rings. The predicted octanol–water partition coefficient (Wildman–Crippen LogP) is 5.09. The molecule has 0 aliphatic carbocycles. The Bertz CT molecular complexity index is 759. The minimum atomic E-state index is -0.649. The van der Waals surface area contributed by atoms with Crippen LogP contribution in [0, 0.1) is 10.8 Å². The van der Waals surface area contributed by atoms with Gasteiger partial charge in [0, 0.05) is 18.9 Å². The summed E-state index contributed by atoms with van der Waals surface area (Å²) in [5.41, 5.74) is -0.964. The molecule has 0 aromatic rings. The summed E-state index contributed by atoms with van der Waals surface area (Å²) in [5.74, 6) is 1.42. The number of halogens is 1. The van der Waals surface area contributed by atoms with Gasteiger partial charge in [0.2, 0.25) is 5.91 Å². The lowest BCUT2D eigenvalue weighted by Gasteiger charge is -2.31. The van der Waals surface area contributed by atoms with Gasteiger partial charge in [0.25, 0.3) is 0 Å². The molecule has 0 aromatic carbocycles.